The average molecular weight is 374 g/mol. The smallest absolute Gasteiger partial charge is 0.163 e. The van der Waals surface area contributed by atoms with E-state index in [0.29, 0.717) is 19.6 Å². The van der Waals surface area contributed by atoms with Gasteiger partial charge in [0.05, 0.1) is 18.4 Å². The van der Waals surface area contributed by atoms with Crippen LogP contribution in [0.3, 0.4) is 0 Å². The molecule has 27 heavy (non-hydrogen) atoms. The van der Waals surface area contributed by atoms with Gasteiger partial charge in [0, 0.05) is 43.1 Å². The van der Waals surface area contributed by atoms with Crippen LogP contribution in [0.5, 0.6) is 0 Å². The lowest BCUT2D eigenvalue weighted by Gasteiger charge is -2.41. The van der Waals surface area contributed by atoms with Crippen LogP contribution in [-0.2, 0) is 17.8 Å². The molecule has 7 nitrogen and oxygen atoms in total. The molecule has 2 aliphatic heterocycles. The summed E-state index contributed by atoms with van der Waals surface area (Å²) in [7, 11) is 0. The Morgan fingerprint density at radius 2 is 2.11 bits per heavy atom. The van der Waals surface area contributed by atoms with E-state index in [4.69, 9.17) is 10.5 Å². The quantitative estimate of drug-likeness (QED) is 0.861. The summed E-state index contributed by atoms with van der Waals surface area (Å²) < 4.78 is 35.4. The standard InChI is InChI=1S/C18H20F2N6O/c19-10-1-2-14(20)12(3-10)17-15(21)4-11(7-27-17)25-5-13-16(6-25)24-26-9-22-8-23-18(13)26/h1-2,8-9,11-12,15,17H,3-7,21H2/t11?,12?,15?,17-/m1/s1. The van der Waals surface area contributed by atoms with E-state index >= 15 is 0 Å². The first kappa shape index (κ1) is 16.9. The maximum Gasteiger partial charge on any atom is 0.163 e. The first-order valence-electron chi connectivity index (χ1n) is 9.09. The van der Waals surface area contributed by atoms with Crippen molar-refractivity contribution in [2.24, 2.45) is 11.7 Å². The Bertz CT molecular complexity index is 941. The summed E-state index contributed by atoms with van der Waals surface area (Å²) in [5.41, 5.74) is 9.22. The number of aromatic nitrogens is 4. The molecule has 0 amide bonds. The summed E-state index contributed by atoms with van der Waals surface area (Å²) in [5, 5.41) is 4.54. The molecule has 142 valence electrons. The summed E-state index contributed by atoms with van der Waals surface area (Å²) in [5.74, 6) is -1.33. The number of nitrogens with two attached hydrogens (primary N) is 1. The van der Waals surface area contributed by atoms with Gasteiger partial charge in [-0.3, -0.25) is 4.90 Å². The van der Waals surface area contributed by atoms with Gasteiger partial charge < -0.3 is 10.5 Å². The topological polar surface area (TPSA) is 81.6 Å². The van der Waals surface area contributed by atoms with Crippen LogP contribution in [0.25, 0.3) is 5.65 Å². The van der Waals surface area contributed by atoms with Crippen molar-refractivity contribution in [1.82, 2.24) is 24.5 Å². The monoisotopic (exact) mass is 374 g/mol. The van der Waals surface area contributed by atoms with Gasteiger partial charge in [-0.2, -0.15) is 5.10 Å². The molecule has 4 heterocycles. The van der Waals surface area contributed by atoms with E-state index in [0.717, 1.165) is 23.4 Å². The second kappa shape index (κ2) is 6.43. The summed E-state index contributed by atoms with van der Waals surface area (Å²) in [6.07, 6.45) is 5.69. The number of nitrogens with zero attached hydrogens (tertiary/aromatic N) is 5. The van der Waals surface area contributed by atoms with E-state index in [1.807, 2.05) is 0 Å². The van der Waals surface area contributed by atoms with Crippen molar-refractivity contribution in [2.45, 2.75) is 44.1 Å². The molecule has 9 heteroatoms. The lowest BCUT2D eigenvalue weighted by Crippen LogP contribution is -2.53. The third-order valence-electron chi connectivity index (χ3n) is 5.75. The molecule has 0 radical (unpaired) electrons. The van der Waals surface area contributed by atoms with Crippen LogP contribution in [0.1, 0.15) is 24.1 Å². The SMILES string of the molecule is NC1CC(N2Cc3nn4cncnc4c3C2)CO[C@@H]1C1CC(F)=CC=C1F. The molecule has 0 aromatic carbocycles. The van der Waals surface area contributed by atoms with Gasteiger partial charge >= 0.3 is 0 Å². The van der Waals surface area contributed by atoms with Crippen molar-refractivity contribution in [3.05, 3.63) is 47.7 Å². The van der Waals surface area contributed by atoms with Crippen LogP contribution in [0.15, 0.2) is 36.5 Å². The summed E-state index contributed by atoms with van der Waals surface area (Å²) in [6.45, 7) is 1.85. The summed E-state index contributed by atoms with van der Waals surface area (Å²) in [6, 6.07) is -0.237. The van der Waals surface area contributed by atoms with Crippen LogP contribution < -0.4 is 5.73 Å². The number of fused-ring (bicyclic) bond motifs is 3. The fourth-order valence-electron chi connectivity index (χ4n) is 4.38. The fourth-order valence-corrected chi connectivity index (χ4v) is 4.38. The van der Waals surface area contributed by atoms with Crippen LogP contribution in [0.4, 0.5) is 8.78 Å². The van der Waals surface area contributed by atoms with E-state index in [-0.39, 0.29) is 30.2 Å². The van der Waals surface area contributed by atoms with E-state index < -0.39 is 12.0 Å². The zero-order valence-electron chi connectivity index (χ0n) is 14.6. The molecule has 3 aliphatic rings. The molecule has 4 atom stereocenters. The zero-order chi connectivity index (χ0) is 18.5. The Kier molecular flexibility index (Phi) is 4.03. The van der Waals surface area contributed by atoms with Gasteiger partial charge in [0.25, 0.3) is 0 Å². The average Bonchev–Trinajstić information content (AvgIpc) is 3.22. The van der Waals surface area contributed by atoms with Crippen LogP contribution >= 0.6 is 0 Å². The summed E-state index contributed by atoms with van der Waals surface area (Å²) in [4.78, 5) is 10.6. The van der Waals surface area contributed by atoms with Gasteiger partial charge in [-0.1, -0.05) is 0 Å². The molecule has 2 aromatic heterocycles. The lowest BCUT2D eigenvalue weighted by molar-refractivity contribution is -0.0729. The van der Waals surface area contributed by atoms with Gasteiger partial charge in [-0.15, -0.1) is 0 Å². The maximum atomic E-state index is 14.1. The fraction of sp³-hybridized carbons (Fsp3) is 0.500. The third kappa shape index (κ3) is 2.86. The number of hydrogen-bond donors (Lipinski definition) is 1. The molecular weight excluding hydrogens is 354 g/mol. The molecule has 1 fully saturated rings. The second-order valence-corrected chi connectivity index (χ2v) is 7.43. The van der Waals surface area contributed by atoms with Crippen molar-refractivity contribution in [1.29, 1.82) is 0 Å². The highest BCUT2D eigenvalue weighted by Crippen LogP contribution is 2.36. The third-order valence-corrected chi connectivity index (χ3v) is 5.75. The Balaban J connectivity index is 1.28. The largest absolute Gasteiger partial charge is 0.374 e. The van der Waals surface area contributed by atoms with E-state index in [1.54, 1.807) is 10.8 Å². The Morgan fingerprint density at radius 3 is 2.96 bits per heavy atom. The van der Waals surface area contributed by atoms with E-state index in [9.17, 15) is 8.78 Å². The van der Waals surface area contributed by atoms with E-state index in [1.165, 1.54) is 18.5 Å². The molecular formula is C18H20F2N6O. The van der Waals surface area contributed by atoms with Crippen LogP contribution in [0, 0.1) is 5.92 Å². The minimum Gasteiger partial charge on any atom is -0.374 e. The molecule has 2 N–H and O–H groups in total. The number of ether oxygens (including phenoxy) is 1. The van der Waals surface area contributed by atoms with Crippen molar-refractivity contribution in [3.8, 4) is 0 Å². The number of rotatable bonds is 2. The summed E-state index contributed by atoms with van der Waals surface area (Å²) >= 11 is 0. The highest BCUT2D eigenvalue weighted by molar-refractivity contribution is 5.50. The molecule has 0 saturated carbocycles. The molecule has 0 bridgehead atoms. The van der Waals surface area contributed by atoms with Gasteiger partial charge in [0.15, 0.2) is 5.65 Å². The molecule has 1 aliphatic carbocycles. The predicted molar refractivity (Wildman–Crippen MR) is 92.6 cm³/mol. The normalized spacial score (nSPS) is 31.7. The van der Waals surface area contributed by atoms with Gasteiger partial charge in [-0.25, -0.2) is 23.3 Å². The van der Waals surface area contributed by atoms with Gasteiger partial charge in [0.2, 0.25) is 0 Å². The molecule has 2 aromatic rings. The minimum atomic E-state index is -0.636. The van der Waals surface area contributed by atoms with Gasteiger partial charge in [0.1, 0.15) is 24.3 Å². The van der Waals surface area contributed by atoms with Crippen molar-refractivity contribution < 1.29 is 13.5 Å². The first-order valence-corrected chi connectivity index (χ1v) is 9.09. The van der Waals surface area contributed by atoms with Crippen LogP contribution in [-0.4, -0.2) is 49.3 Å². The first-order chi connectivity index (χ1) is 13.1. The highest BCUT2D eigenvalue weighted by atomic mass is 19.1. The number of allylic oxidation sites excluding steroid dienone is 3. The Labute approximate surface area is 154 Å². The highest BCUT2D eigenvalue weighted by Gasteiger charge is 2.41. The van der Waals surface area contributed by atoms with Crippen molar-refractivity contribution in [2.75, 3.05) is 6.61 Å². The van der Waals surface area contributed by atoms with Crippen molar-refractivity contribution in [3.63, 3.8) is 0 Å². The molecule has 0 spiro atoms. The predicted octanol–water partition coefficient (Wildman–Crippen LogP) is 1.65. The van der Waals surface area contributed by atoms with Crippen LogP contribution in [0.2, 0.25) is 0 Å². The van der Waals surface area contributed by atoms with Gasteiger partial charge in [-0.05, 0) is 18.6 Å². The molecule has 3 unspecified atom stereocenters. The Morgan fingerprint density at radius 1 is 1.22 bits per heavy atom. The molecule has 5 rings (SSSR count). The van der Waals surface area contributed by atoms with Crippen molar-refractivity contribution >= 4 is 5.65 Å². The Hall–Kier alpha value is -2.23. The number of halogens is 2. The molecule has 1 saturated heterocycles. The number of hydrogen-bond acceptors (Lipinski definition) is 6. The van der Waals surface area contributed by atoms with E-state index in [2.05, 4.69) is 20.0 Å². The maximum absolute atomic E-state index is 14.1. The zero-order valence-corrected chi connectivity index (χ0v) is 14.6. The second-order valence-electron chi connectivity index (χ2n) is 7.43. The minimum absolute atomic E-state index is 0.0114. The lowest BCUT2D eigenvalue weighted by atomic mass is 9.85.